The molecule has 2 aliphatic heterocycles. The van der Waals surface area contributed by atoms with Crippen molar-refractivity contribution < 1.29 is 15.3 Å². The number of rotatable bonds is 6. The van der Waals surface area contributed by atoms with Crippen molar-refractivity contribution in [2.75, 3.05) is 57.3 Å². The van der Waals surface area contributed by atoms with Crippen LogP contribution in [0.25, 0.3) is 0 Å². The van der Waals surface area contributed by atoms with Crippen molar-refractivity contribution in [3.8, 4) is 11.5 Å². The van der Waals surface area contributed by atoms with Crippen molar-refractivity contribution >= 4 is 34.7 Å². The van der Waals surface area contributed by atoms with Crippen LogP contribution in [0.5, 0.6) is 11.5 Å². The molecule has 29 heavy (non-hydrogen) atoms. The Bertz CT molecular complexity index is 874. The summed E-state index contributed by atoms with van der Waals surface area (Å²) in [6.07, 6.45) is 0.970. The van der Waals surface area contributed by atoms with Crippen molar-refractivity contribution in [3.05, 3.63) is 35.4 Å². The van der Waals surface area contributed by atoms with Gasteiger partial charge >= 0.3 is 0 Å². The Morgan fingerprint density at radius 3 is 2.21 bits per heavy atom. The summed E-state index contributed by atoms with van der Waals surface area (Å²) < 4.78 is 0. The van der Waals surface area contributed by atoms with Crippen molar-refractivity contribution in [2.24, 2.45) is 0 Å². The third-order valence-corrected chi connectivity index (χ3v) is 6.86. The van der Waals surface area contributed by atoms with Gasteiger partial charge in [0, 0.05) is 60.1 Å². The van der Waals surface area contributed by atoms with Gasteiger partial charge in [-0.05, 0) is 37.2 Å². The van der Waals surface area contributed by atoms with E-state index in [1.54, 1.807) is 23.9 Å². The summed E-state index contributed by atoms with van der Waals surface area (Å²) >= 11 is 7.84. The summed E-state index contributed by atoms with van der Waals surface area (Å²) in [5, 5.41) is 29.7. The monoisotopic (exact) mass is 435 g/mol. The van der Waals surface area contributed by atoms with Crippen LogP contribution in [0.15, 0.2) is 40.1 Å². The molecule has 0 saturated carbocycles. The van der Waals surface area contributed by atoms with Crippen LogP contribution in [-0.2, 0) is 0 Å². The highest BCUT2D eigenvalue weighted by atomic mass is 35.5. The quantitative estimate of drug-likeness (QED) is 0.601. The van der Waals surface area contributed by atoms with E-state index >= 15 is 0 Å². The number of hydrogen-bond acceptors (Lipinski definition) is 7. The third kappa shape index (κ3) is 4.59. The molecule has 2 aliphatic rings. The largest absolute Gasteiger partial charge is 0.504 e. The molecule has 1 saturated heterocycles. The van der Waals surface area contributed by atoms with E-state index in [9.17, 15) is 10.2 Å². The number of halogens is 1. The van der Waals surface area contributed by atoms with E-state index in [1.807, 2.05) is 18.2 Å². The Kier molecular flexibility index (Phi) is 6.41. The van der Waals surface area contributed by atoms with Gasteiger partial charge in [-0.3, -0.25) is 4.90 Å². The fourth-order valence-corrected chi connectivity index (χ4v) is 5.20. The maximum Gasteiger partial charge on any atom is 0.159 e. The summed E-state index contributed by atoms with van der Waals surface area (Å²) in [4.78, 5) is 8.95. The summed E-state index contributed by atoms with van der Waals surface area (Å²) in [5.74, 6) is -0.214. The minimum atomic E-state index is -0.111. The number of aliphatic hydroxyl groups is 1. The molecule has 6 nitrogen and oxygen atoms in total. The van der Waals surface area contributed by atoms with E-state index in [0.29, 0.717) is 5.02 Å². The molecule has 0 aromatic heterocycles. The first-order chi connectivity index (χ1) is 14.0. The van der Waals surface area contributed by atoms with E-state index in [-0.39, 0.29) is 18.1 Å². The number of fused-ring (bicyclic) bond motifs is 2. The molecule has 3 N–H and O–H groups in total. The minimum Gasteiger partial charge on any atom is -0.504 e. The van der Waals surface area contributed by atoms with E-state index in [2.05, 4.69) is 14.7 Å². The van der Waals surface area contributed by atoms with Crippen LogP contribution in [0.1, 0.15) is 6.42 Å². The van der Waals surface area contributed by atoms with Gasteiger partial charge in [0.2, 0.25) is 0 Å². The van der Waals surface area contributed by atoms with Gasteiger partial charge in [0.25, 0.3) is 0 Å². The fraction of sp³-hybridized carbons (Fsp3) is 0.429. The third-order valence-electron chi connectivity index (χ3n) is 5.52. The van der Waals surface area contributed by atoms with Gasteiger partial charge in [-0.15, -0.1) is 0 Å². The predicted octanol–water partition coefficient (Wildman–Crippen LogP) is 3.35. The Morgan fingerprint density at radius 2 is 1.48 bits per heavy atom. The second-order valence-corrected chi connectivity index (χ2v) is 8.96. The molecule has 0 atom stereocenters. The standard InChI is InChI=1S/C21H26ClN3O3S/c22-15-2-3-20-16(12-15)25(17-13-18(27)19(28)14-21(17)29-20)5-1-4-23-6-8-24(9-7-23)10-11-26/h2-3,12-14,26-28H,1,4-11H2. The molecule has 0 radical (unpaired) electrons. The maximum atomic E-state index is 10.1. The maximum absolute atomic E-state index is 10.1. The normalized spacial score (nSPS) is 17.2. The smallest absolute Gasteiger partial charge is 0.159 e. The Morgan fingerprint density at radius 1 is 0.828 bits per heavy atom. The minimum absolute atomic E-state index is 0.102. The molecule has 2 aromatic rings. The number of phenolic OH excluding ortho intramolecular Hbond substituents is 2. The number of nitrogens with zero attached hydrogens (tertiary/aromatic N) is 3. The molecule has 2 aromatic carbocycles. The van der Waals surface area contributed by atoms with Crippen LogP contribution >= 0.6 is 23.4 Å². The molecule has 2 heterocycles. The molecule has 0 bridgehead atoms. The number of aromatic hydroxyl groups is 2. The highest BCUT2D eigenvalue weighted by Gasteiger charge is 2.26. The van der Waals surface area contributed by atoms with Gasteiger partial charge in [-0.2, -0.15) is 0 Å². The lowest BCUT2D eigenvalue weighted by Gasteiger charge is -2.36. The number of aliphatic hydroxyl groups excluding tert-OH is 1. The van der Waals surface area contributed by atoms with Gasteiger partial charge in [0.15, 0.2) is 11.5 Å². The van der Waals surface area contributed by atoms with Crippen molar-refractivity contribution in [1.29, 1.82) is 0 Å². The Hall–Kier alpha value is -1.64. The van der Waals surface area contributed by atoms with Crippen LogP contribution in [0, 0.1) is 0 Å². The van der Waals surface area contributed by atoms with E-state index in [4.69, 9.17) is 16.7 Å². The molecule has 0 amide bonds. The lowest BCUT2D eigenvalue weighted by molar-refractivity contribution is 0.112. The first-order valence-electron chi connectivity index (χ1n) is 9.91. The molecule has 0 unspecified atom stereocenters. The molecular formula is C21H26ClN3O3S. The van der Waals surface area contributed by atoms with E-state index in [1.165, 1.54) is 0 Å². The van der Waals surface area contributed by atoms with Crippen molar-refractivity contribution in [1.82, 2.24) is 9.80 Å². The van der Waals surface area contributed by atoms with Crippen molar-refractivity contribution in [2.45, 2.75) is 16.2 Å². The molecular weight excluding hydrogens is 410 g/mol. The topological polar surface area (TPSA) is 70.4 Å². The van der Waals surface area contributed by atoms with Crippen LogP contribution in [0.4, 0.5) is 11.4 Å². The second kappa shape index (κ2) is 9.02. The number of benzene rings is 2. The van der Waals surface area contributed by atoms with Crippen molar-refractivity contribution in [3.63, 3.8) is 0 Å². The average Bonchev–Trinajstić information content (AvgIpc) is 2.71. The first kappa shape index (κ1) is 20.6. The average molecular weight is 436 g/mol. The van der Waals surface area contributed by atoms with Crippen LogP contribution in [0.2, 0.25) is 5.02 Å². The summed E-state index contributed by atoms with van der Waals surface area (Å²) in [7, 11) is 0. The zero-order chi connectivity index (χ0) is 20.4. The highest BCUT2D eigenvalue weighted by Crippen LogP contribution is 2.51. The number of β-amino-alcohol motifs (C(OH)–C–C–N with tert-alkyl or cyclic N) is 1. The molecule has 0 aliphatic carbocycles. The van der Waals surface area contributed by atoms with E-state index < -0.39 is 0 Å². The zero-order valence-corrected chi connectivity index (χ0v) is 17.8. The summed E-state index contributed by atoms with van der Waals surface area (Å²) in [6, 6.07) is 9.10. The van der Waals surface area contributed by atoms with Crippen LogP contribution in [-0.4, -0.2) is 77.5 Å². The number of anilines is 2. The molecule has 156 valence electrons. The zero-order valence-electron chi connectivity index (χ0n) is 16.2. The highest BCUT2D eigenvalue weighted by molar-refractivity contribution is 7.99. The molecule has 0 spiro atoms. The SMILES string of the molecule is OCCN1CCN(CCCN2c3cc(Cl)ccc3Sc3cc(O)c(O)cc32)CC1. The first-order valence-corrected chi connectivity index (χ1v) is 11.1. The fourth-order valence-electron chi connectivity index (χ4n) is 3.95. The van der Waals surface area contributed by atoms with E-state index in [0.717, 1.165) is 73.4 Å². The predicted molar refractivity (Wildman–Crippen MR) is 117 cm³/mol. The second-order valence-electron chi connectivity index (χ2n) is 7.43. The number of piperazine rings is 1. The van der Waals surface area contributed by atoms with Gasteiger partial charge in [0.05, 0.1) is 18.0 Å². The number of hydrogen-bond donors (Lipinski definition) is 3. The molecule has 1 fully saturated rings. The van der Waals surface area contributed by atoms with Gasteiger partial charge < -0.3 is 25.1 Å². The Balaban J connectivity index is 1.47. The summed E-state index contributed by atoms with van der Waals surface area (Å²) in [5.41, 5.74) is 1.93. The van der Waals surface area contributed by atoms with Crippen LogP contribution in [0.3, 0.4) is 0 Å². The van der Waals surface area contributed by atoms with Crippen LogP contribution < -0.4 is 4.90 Å². The number of phenols is 2. The van der Waals surface area contributed by atoms with Gasteiger partial charge in [0.1, 0.15) is 0 Å². The van der Waals surface area contributed by atoms with Gasteiger partial charge in [-0.25, -0.2) is 0 Å². The molecule has 8 heteroatoms. The molecule has 4 rings (SSSR count). The lowest BCUT2D eigenvalue weighted by atomic mass is 10.2. The van der Waals surface area contributed by atoms with Gasteiger partial charge in [-0.1, -0.05) is 23.4 Å². The lowest BCUT2D eigenvalue weighted by Crippen LogP contribution is -2.47. The summed E-state index contributed by atoms with van der Waals surface area (Å²) in [6.45, 7) is 6.78. The Labute approximate surface area is 180 Å².